The molecule has 0 spiro atoms. The molecule has 1 aromatic rings. The molecule has 2 amide bonds. The Hall–Kier alpha value is -2.15. The van der Waals surface area contributed by atoms with Crippen LogP contribution in [0.5, 0.6) is 5.75 Å². The van der Waals surface area contributed by atoms with E-state index >= 15 is 0 Å². The summed E-state index contributed by atoms with van der Waals surface area (Å²) in [6.45, 7) is 0.510. The van der Waals surface area contributed by atoms with E-state index in [1.807, 2.05) is 0 Å². The lowest BCUT2D eigenvalue weighted by Gasteiger charge is -2.15. The third kappa shape index (κ3) is 3.98. The van der Waals surface area contributed by atoms with Gasteiger partial charge in [-0.15, -0.1) is 0 Å². The van der Waals surface area contributed by atoms with Gasteiger partial charge in [0.05, 0.1) is 12.3 Å². The molecule has 2 unspecified atom stereocenters. The van der Waals surface area contributed by atoms with Crippen molar-refractivity contribution in [3.8, 4) is 5.75 Å². The molecule has 3 N–H and O–H groups in total. The predicted octanol–water partition coefficient (Wildman–Crippen LogP) is 1.59. The first-order chi connectivity index (χ1) is 11.0. The molecule has 1 heterocycles. The number of ether oxygens (including phenoxy) is 2. The van der Waals surface area contributed by atoms with Crippen LogP contribution in [0, 0.1) is 11.7 Å². The van der Waals surface area contributed by atoms with Crippen molar-refractivity contribution in [2.24, 2.45) is 11.7 Å². The standard InChI is InChI=1S/C16H19FN2O4/c17-10-3-4-11(14(7-10)22-8-9-1-2-9)19-16(21)13-6-5-12(23-13)15(18)20/h3-4,7,9,12-13H,1-2,5-6,8H2,(H2,18,20)(H,19,21). The zero-order valence-corrected chi connectivity index (χ0v) is 12.6. The number of halogens is 1. The Bertz CT molecular complexity index is 618. The van der Waals surface area contributed by atoms with Crippen molar-refractivity contribution in [2.75, 3.05) is 11.9 Å². The molecule has 1 saturated carbocycles. The largest absolute Gasteiger partial charge is 0.491 e. The van der Waals surface area contributed by atoms with E-state index in [2.05, 4.69) is 5.32 Å². The molecule has 1 saturated heterocycles. The fourth-order valence-corrected chi connectivity index (χ4v) is 2.46. The second-order valence-corrected chi connectivity index (χ2v) is 5.98. The van der Waals surface area contributed by atoms with E-state index in [-0.39, 0.29) is 0 Å². The summed E-state index contributed by atoms with van der Waals surface area (Å²) in [6, 6.07) is 3.96. The minimum atomic E-state index is -0.742. The highest BCUT2D eigenvalue weighted by molar-refractivity contribution is 5.96. The number of primary amides is 1. The lowest BCUT2D eigenvalue weighted by atomic mass is 10.2. The van der Waals surface area contributed by atoms with E-state index in [4.69, 9.17) is 15.2 Å². The van der Waals surface area contributed by atoms with Gasteiger partial charge < -0.3 is 20.5 Å². The maximum absolute atomic E-state index is 13.4. The minimum Gasteiger partial charge on any atom is -0.491 e. The first-order valence-electron chi connectivity index (χ1n) is 7.71. The van der Waals surface area contributed by atoms with Crippen LogP contribution in [0.15, 0.2) is 18.2 Å². The van der Waals surface area contributed by atoms with E-state index in [1.165, 1.54) is 18.2 Å². The van der Waals surface area contributed by atoms with Gasteiger partial charge in [-0.05, 0) is 43.7 Å². The van der Waals surface area contributed by atoms with Gasteiger partial charge >= 0.3 is 0 Å². The summed E-state index contributed by atoms with van der Waals surface area (Å²) in [6.07, 6.45) is 1.59. The summed E-state index contributed by atoms with van der Waals surface area (Å²) in [5.74, 6) is -0.585. The second-order valence-electron chi connectivity index (χ2n) is 5.98. The third-order valence-corrected chi connectivity index (χ3v) is 4.00. The molecule has 23 heavy (non-hydrogen) atoms. The van der Waals surface area contributed by atoms with Crippen LogP contribution in [0.4, 0.5) is 10.1 Å². The van der Waals surface area contributed by atoms with Crippen LogP contribution in [0.25, 0.3) is 0 Å². The molecule has 6 nitrogen and oxygen atoms in total. The lowest BCUT2D eigenvalue weighted by molar-refractivity contribution is -0.134. The van der Waals surface area contributed by atoms with Gasteiger partial charge in [-0.2, -0.15) is 0 Å². The monoisotopic (exact) mass is 322 g/mol. The molecule has 2 fully saturated rings. The normalized spacial score (nSPS) is 23.5. The highest BCUT2D eigenvalue weighted by atomic mass is 19.1. The van der Waals surface area contributed by atoms with Crippen molar-refractivity contribution in [3.05, 3.63) is 24.0 Å². The summed E-state index contributed by atoms with van der Waals surface area (Å²) < 4.78 is 24.3. The maximum Gasteiger partial charge on any atom is 0.253 e. The van der Waals surface area contributed by atoms with E-state index in [0.717, 1.165) is 12.8 Å². The van der Waals surface area contributed by atoms with Gasteiger partial charge in [0.15, 0.2) is 0 Å². The fraction of sp³-hybridized carbons (Fsp3) is 0.500. The molecule has 2 atom stereocenters. The molecule has 0 aromatic heterocycles. The number of carbonyl (C=O) groups is 2. The Balaban J connectivity index is 1.64. The number of nitrogens with two attached hydrogens (primary N) is 1. The fourth-order valence-electron chi connectivity index (χ4n) is 2.46. The molecule has 3 rings (SSSR count). The number of carbonyl (C=O) groups excluding carboxylic acids is 2. The first kappa shape index (κ1) is 15.7. The Morgan fingerprint density at radius 2 is 2.00 bits per heavy atom. The summed E-state index contributed by atoms with van der Waals surface area (Å²) >= 11 is 0. The van der Waals surface area contributed by atoms with Crippen molar-refractivity contribution in [3.63, 3.8) is 0 Å². The number of rotatable bonds is 6. The van der Waals surface area contributed by atoms with Crippen molar-refractivity contribution >= 4 is 17.5 Å². The third-order valence-electron chi connectivity index (χ3n) is 4.00. The molecule has 7 heteroatoms. The summed E-state index contributed by atoms with van der Waals surface area (Å²) in [5, 5.41) is 2.68. The van der Waals surface area contributed by atoms with E-state index < -0.39 is 29.8 Å². The Labute approximate surface area is 133 Å². The Kier molecular flexibility index (Phi) is 4.47. The number of amides is 2. The SMILES string of the molecule is NC(=O)C1CCC(C(=O)Nc2ccc(F)cc2OCC2CC2)O1. The number of benzene rings is 1. The smallest absolute Gasteiger partial charge is 0.253 e. The summed E-state index contributed by atoms with van der Waals surface area (Å²) in [4.78, 5) is 23.3. The number of anilines is 1. The van der Waals surface area contributed by atoms with Crippen molar-refractivity contribution < 1.29 is 23.5 Å². The molecular formula is C16H19FN2O4. The molecule has 0 bridgehead atoms. The molecule has 1 aliphatic heterocycles. The minimum absolute atomic E-state index is 0.301. The molecule has 0 radical (unpaired) electrons. The van der Waals surface area contributed by atoms with Crippen LogP contribution in [0.2, 0.25) is 0 Å². The van der Waals surface area contributed by atoms with Gasteiger partial charge in [0, 0.05) is 6.07 Å². The summed E-state index contributed by atoms with van der Waals surface area (Å²) in [5.41, 5.74) is 5.56. The average Bonchev–Trinajstić information content (AvgIpc) is 3.20. The molecule has 124 valence electrons. The van der Waals surface area contributed by atoms with Crippen LogP contribution >= 0.6 is 0 Å². The predicted molar refractivity (Wildman–Crippen MR) is 80.3 cm³/mol. The molecule has 2 aliphatic rings. The number of hydrogen-bond donors (Lipinski definition) is 2. The van der Waals surface area contributed by atoms with Crippen LogP contribution in [0.1, 0.15) is 25.7 Å². The van der Waals surface area contributed by atoms with E-state index in [9.17, 15) is 14.0 Å². The quantitative estimate of drug-likeness (QED) is 0.832. The van der Waals surface area contributed by atoms with Crippen molar-refractivity contribution in [2.45, 2.75) is 37.9 Å². The topological polar surface area (TPSA) is 90.7 Å². The molecule has 1 aliphatic carbocycles. The maximum atomic E-state index is 13.4. The van der Waals surface area contributed by atoms with E-state index in [1.54, 1.807) is 0 Å². The van der Waals surface area contributed by atoms with E-state index in [0.29, 0.717) is 36.8 Å². The second kappa shape index (κ2) is 6.54. The Morgan fingerprint density at radius 1 is 1.26 bits per heavy atom. The highest BCUT2D eigenvalue weighted by Gasteiger charge is 2.34. The van der Waals surface area contributed by atoms with Crippen LogP contribution in [-0.4, -0.2) is 30.6 Å². The zero-order chi connectivity index (χ0) is 16.4. The van der Waals surface area contributed by atoms with Crippen LogP contribution in [0.3, 0.4) is 0 Å². The summed E-state index contributed by atoms with van der Waals surface area (Å²) in [7, 11) is 0. The van der Waals surface area contributed by atoms with Gasteiger partial charge in [-0.25, -0.2) is 4.39 Å². The number of hydrogen-bond acceptors (Lipinski definition) is 4. The Morgan fingerprint density at radius 3 is 2.65 bits per heavy atom. The highest BCUT2D eigenvalue weighted by Crippen LogP contribution is 2.32. The van der Waals surface area contributed by atoms with Crippen LogP contribution < -0.4 is 15.8 Å². The number of nitrogens with one attached hydrogen (secondary N) is 1. The van der Waals surface area contributed by atoms with Gasteiger partial charge in [0.2, 0.25) is 5.91 Å². The zero-order valence-electron chi connectivity index (χ0n) is 12.6. The van der Waals surface area contributed by atoms with Gasteiger partial charge in [-0.3, -0.25) is 9.59 Å². The van der Waals surface area contributed by atoms with Crippen molar-refractivity contribution in [1.29, 1.82) is 0 Å². The van der Waals surface area contributed by atoms with Gasteiger partial charge in [0.25, 0.3) is 5.91 Å². The van der Waals surface area contributed by atoms with Crippen molar-refractivity contribution in [1.82, 2.24) is 0 Å². The molecular weight excluding hydrogens is 303 g/mol. The lowest BCUT2D eigenvalue weighted by Crippen LogP contribution is -2.32. The van der Waals surface area contributed by atoms with Gasteiger partial charge in [-0.1, -0.05) is 0 Å². The van der Waals surface area contributed by atoms with Gasteiger partial charge in [0.1, 0.15) is 23.8 Å². The van der Waals surface area contributed by atoms with Crippen LogP contribution in [-0.2, 0) is 14.3 Å². The molecule has 1 aromatic carbocycles. The average molecular weight is 322 g/mol. The first-order valence-corrected chi connectivity index (χ1v) is 7.71.